The number of aryl methyl sites for hydroxylation is 1. The Hall–Kier alpha value is -2.71. The van der Waals surface area contributed by atoms with Crippen LogP contribution in [0.15, 0.2) is 53.4 Å². The fourth-order valence-corrected chi connectivity index (χ4v) is 4.07. The molecule has 2 aromatic carbocycles. The molecule has 1 heterocycles. The summed E-state index contributed by atoms with van der Waals surface area (Å²) in [5.74, 6) is -0.677. The van der Waals surface area contributed by atoms with Crippen molar-refractivity contribution in [3.8, 4) is 0 Å². The lowest BCUT2D eigenvalue weighted by Crippen LogP contribution is -2.36. The highest BCUT2D eigenvalue weighted by Crippen LogP contribution is 2.29. The highest BCUT2D eigenvalue weighted by Gasteiger charge is 2.37. The number of hydrogen-bond acceptors (Lipinski definition) is 4. The van der Waals surface area contributed by atoms with Gasteiger partial charge in [-0.25, -0.2) is 13.6 Å². The van der Waals surface area contributed by atoms with Crippen molar-refractivity contribution < 1.29 is 18.0 Å². The van der Waals surface area contributed by atoms with Gasteiger partial charge in [0.25, 0.3) is 0 Å². The molecule has 2 aromatic rings. The average Bonchev–Trinajstić information content (AvgIpc) is 3.08. The number of nitrogens with zero attached hydrogens (tertiary/aromatic N) is 2. The number of rotatable bonds is 5. The summed E-state index contributed by atoms with van der Waals surface area (Å²) < 4.78 is 23.2. The maximum Gasteiger partial charge on any atom is 0.238 e. The third-order valence-electron chi connectivity index (χ3n) is 5.42. The Morgan fingerprint density at radius 2 is 1.86 bits per heavy atom. The lowest BCUT2D eigenvalue weighted by atomic mass is 10.0. The molecule has 0 aromatic heterocycles. The number of hydrogen-bond donors (Lipinski definition) is 1. The molecule has 2 amide bonds. The van der Waals surface area contributed by atoms with Gasteiger partial charge in [-0.05, 0) is 43.7 Å². The summed E-state index contributed by atoms with van der Waals surface area (Å²) in [6.07, 6.45) is 0.154. The summed E-state index contributed by atoms with van der Waals surface area (Å²) in [6.45, 7) is 4.12. The summed E-state index contributed by atoms with van der Waals surface area (Å²) in [7, 11) is -2.16. The second-order valence-electron chi connectivity index (χ2n) is 7.48. The van der Waals surface area contributed by atoms with Gasteiger partial charge in [-0.15, -0.1) is 0 Å². The van der Waals surface area contributed by atoms with E-state index in [0.717, 1.165) is 11.3 Å². The summed E-state index contributed by atoms with van der Waals surface area (Å²) in [5.41, 5.74) is 2.54. The molecule has 1 fully saturated rings. The Morgan fingerprint density at radius 3 is 2.48 bits per heavy atom. The topological polar surface area (TPSA) is 101 Å². The first-order valence-electron chi connectivity index (χ1n) is 9.34. The van der Waals surface area contributed by atoms with E-state index in [-0.39, 0.29) is 29.2 Å². The van der Waals surface area contributed by atoms with Gasteiger partial charge in [-0.2, -0.15) is 0 Å². The van der Waals surface area contributed by atoms with Crippen molar-refractivity contribution in [2.45, 2.75) is 31.2 Å². The molecular weight excluding hydrogens is 390 g/mol. The van der Waals surface area contributed by atoms with Crippen LogP contribution in [0.1, 0.15) is 30.5 Å². The fourth-order valence-electron chi connectivity index (χ4n) is 3.50. The molecule has 154 valence electrons. The normalized spacial score (nSPS) is 18.0. The van der Waals surface area contributed by atoms with E-state index in [2.05, 4.69) is 0 Å². The molecule has 2 atom stereocenters. The molecule has 29 heavy (non-hydrogen) atoms. The van der Waals surface area contributed by atoms with Crippen molar-refractivity contribution in [3.05, 3.63) is 59.7 Å². The van der Waals surface area contributed by atoms with Crippen LogP contribution < -0.4 is 10.0 Å². The third-order valence-corrected chi connectivity index (χ3v) is 6.33. The zero-order chi connectivity index (χ0) is 21.3. The fraction of sp³-hybridized carbons (Fsp3) is 0.333. The molecule has 0 spiro atoms. The minimum atomic E-state index is -3.82. The van der Waals surface area contributed by atoms with Crippen molar-refractivity contribution in [1.29, 1.82) is 0 Å². The summed E-state index contributed by atoms with van der Waals surface area (Å²) in [5, 5.41) is 5.21. The molecule has 0 aliphatic carbocycles. The van der Waals surface area contributed by atoms with Gasteiger partial charge in [0, 0.05) is 25.7 Å². The first-order valence-corrected chi connectivity index (χ1v) is 10.9. The average molecular weight is 416 g/mol. The van der Waals surface area contributed by atoms with Gasteiger partial charge in [0.05, 0.1) is 16.9 Å². The maximum atomic E-state index is 13.0. The Labute approximate surface area is 171 Å². The number of nitrogens with two attached hydrogens (primary N) is 1. The van der Waals surface area contributed by atoms with Gasteiger partial charge in [0.1, 0.15) is 0 Å². The SMILES string of the molecule is Cc1ccc(N2CC(C(=O)N(C)C(C)c3cccc(S(N)(=O)=O)c3)CC2=O)cc1. The molecule has 2 N–H and O–H groups in total. The van der Waals surface area contributed by atoms with Crippen molar-refractivity contribution in [3.63, 3.8) is 0 Å². The number of anilines is 1. The van der Waals surface area contributed by atoms with Crippen LogP contribution in [0.4, 0.5) is 5.69 Å². The van der Waals surface area contributed by atoms with Crippen molar-refractivity contribution in [2.24, 2.45) is 11.1 Å². The van der Waals surface area contributed by atoms with Crippen LogP contribution in [0.2, 0.25) is 0 Å². The van der Waals surface area contributed by atoms with E-state index in [9.17, 15) is 18.0 Å². The number of carbonyl (C=O) groups is 2. The lowest BCUT2D eigenvalue weighted by Gasteiger charge is -2.28. The lowest BCUT2D eigenvalue weighted by molar-refractivity contribution is -0.136. The standard InChI is InChI=1S/C21H25N3O4S/c1-14-7-9-18(10-8-14)24-13-17(12-20(24)25)21(26)23(3)15(2)16-5-4-6-19(11-16)29(22,27)28/h4-11,15,17H,12-13H2,1-3H3,(H2,22,27,28). The van der Waals surface area contributed by atoms with Crippen molar-refractivity contribution >= 4 is 27.5 Å². The Morgan fingerprint density at radius 1 is 1.21 bits per heavy atom. The van der Waals surface area contributed by atoms with Gasteiger partial charge < -0.3 is 9.80 Å². The summed E-state index contributed by atoms with van der Waals surface area (Å²) in [4.78, 5) is 28.7. The second kappa shape index (κ2) is 7.96. The Balaban J connectivity index is 1.75. The van der Waals surface area contributed by atoms with E-state index in [0.29, 0.717) is 12.1 Å². The number of carbonyl (C=O) groups excluding carboxylic acids is 2. The number of sulfonamides is 1. The highest BCUT2D eigenvalue weighted by atomic mass is 32.2. The molecule has 0 bridgehead atoms. The van der Waals surface area contributed by atoms with Crippen LogP contribution in [0, 0.1) is 12.8 Å². The molecule has 1 aliphatic heterocycles. The largest absolute Gasteiger partial charge is 0.339 e. The second-order valence-corrected chi connectivity index (χ2v) is 9.04. The van der Waals surface area contributed by atoms with E-state index in [1.165, 1.54) is 12.1 Å². The van der Waals surface area contributed by atoms with Gasteiger partial charge in [0.15, 0.2) is 0 Å². The van der Waals surface area contributed by atoms with Crippen LogP contribution in [-0.4, -0.2) is 38.7 Å². The van der Waals surface area contributed by atoms with Gasteiger partial charge in [-0.1, -0.05) is 29.8 Å². The smallest absolute Gasteiger partial charge is 0.238 e. The van der Waals surface area contributed by atoms with E-state index in [1.54, 1.807) is 29.0 Å². The van der Waals surface area contributed by atoms with Gasteiger partial charge >= 0.3 is 0 Å². The van der Waals surface area contributed by atoms with Crippen LogP contribution in [0.3, 0.4) is 0 Å². The van der Waals surface area contributed by atoms with Crippen molar-refractivity contribution in [2.75, 3.05) is 18.5 Å². The Bertz CT molecular complexity index is 1030. The predicted molar refractivity (Wildman–Crippen MR) is 111 cm³/mol. The number of amides is 2. The van der Waals surface area contributed by atoms with Crippen molar-refractivity contribution in [1.82, 2.24) is 4.90 Å². The molecule has 0 saturated carbocycles. The first kappa shape index (κ1) is 21.0. The first-order chi connectivity index (χ1) is 13.6. The summed E-state index contributed by atoms with van der Waals surface area (Å²) in [6, 6.07) is 13.5. The molecule has 7 nitrogen and oxygen atoms in total. The van der Waals surface area contributed by atoms with Crippen LogP contribution >= 0.6 is 0 Å². The molecule has 1 aliphatic rings. The maximum absolute atomic E-state index is 13.0. The predicted octanol–water partition coefficient (Wildman–Crippen LogP) is 2.21. The highest BCUT2D eigenvalue weighted by molar-refractivity contribution is 7.89. The van der Waals surface area contributed by atoms with E-state index < -0.39 is 15.9 Å². The molecule has 0 radical (unpaired) electrons. The number of benzene rings is 2. The van der Waals surface area contributed by atoms with Crippen LogP contribution in [0.25, 0.3) is 0 Å². The van der Waals surface area contributed by atoms with E-state index in [1.807, 2.05) is 38.1 Å². The minimum Gasteiger partial charge on any atom is -0.339 e. The molecular formula is C21H25N3O4S. The molecule has 3 rings (SSSR count). The van der Waals surface area contributed by atoms with E-state index in [4.69, 9.17) is 5.14 Å². The minimum absolute atomic E-state index is 0.00397. The molecule has 1 saturated heterocycles. The van der Waals surface area contributed by atoms with Gasteiger partial charge in [-0.3, -0.25) is 9.59 Å². The third kappa shape index (κ3) is 4.49. The Kier molecular flexibility index (Phi) is 5.77. The van der Waals surface area contributed by atoms with E-state index >= 15 is 0 Å². The molecule has 2 unspecified atom stereocenters. The quantitative estimate of drug-likeness (QED) is 0.809. The van der Waals surface area contributed by atoms with Crippen LogP contribution in [-0.2, 0) is 19.6 Å². The monoisotopic (exact) mass is 415 g/mol. The zero-order valence-corrected chi connectivity index (χ0v) is 17.5. The number of primary sulfonamides is 1. The zero-order valence-electron chi connectivity index (χ0n) is 16.7. The van der Waals surface area contributed by atoms with Crippen LogP contribution in [0.5, 0.6) is 0 Å². The molecule has 8 heteroatoms. The summed E-state index contributed by atoms with van der Waals surface area (Å²) >= 11 is 0. The van der Waals surface area contributed by atoms with Gasteiger partial charge in [0.2, 0.25) is 21.8 Å².